The standard InChI is InChI=1S/C17H18ClN3O3S/c1-2-20(12-13-5-3-6-14(18)11-13)17(22)15-7-4-8-21-9-10-25(23,24)19-16(15)21/h3-8,11H,2,9-10,12H2,1H3. The van der Waals surface area contributed by atoms with Gasteiger partial charge in [0.05, 0.1) is 11.3 Å². The first-order valence-corrected chi connectivity index (χ1v) is 9.90. The molecule has 1 aromatic carbocycles. The van der Waals surface area contributed by atoms with Crippen LogP contribution in [0.1, 0.15) is 12.5 Å². The third-order valence-corrected chi connectivity index (χ3v) is 5.40. The maximum absolute atomic E-state index is 13.0. The van der Waals surface area contributed by atoms with Crippen molar-refractivity contribution in [3.8, 4) is 0 Å². The minimum atomic E-state index is -3.53. The first kappa shape index (κ1) is 17.7. The molecule has 0 radical (unpaired) electrons. The van der Waals surface area contributed by atoms with Gasteiger partial charge in [-0.05, 0) is 36.8 Å². The van der Waals surface area contributed by atoms with Crippen LogP contribution in [0.15, 0.2) is 52.6 Å². The molecule has 0 atom stereocenters. The van der Waals surface area contributed by atoms with E-state index in [1.54, 1.807) is 34.2 Å². The Morgan fingerprint density at radius 1 is 1.40 bits per heavy atom. The zero-order valence-corrected chi connectivity index (χ0v) is 15.3. The molecule has 1 amide bonds. The number of amidine groups is 1. The molecule has 0 fully saturated rings. The number of nitrogens with zero attached hydrogens (tertiary/aromatic N) is 3. The number of likely N-dealkylation sites (N-methyl/N-ethyl adjacent to an activating group) is 1. The molecule has 0 aliphatic carbocycles. The molecule has 0 unspecified atom stereocenters. The average molecular weight is 380 g/mol. The number of carbonyl (C=O) groups excluding carboxylic acids is 1. The SMILES string of the molecule is CCN(Cc1cccc(Cl)c1)C(=O)C1=CC=CN2CCS(=O)(=O)N=C12. The molecule has 132 valence electrons. The smallest absolute Gasteiger partial charge is 0.257 e. The van der Waals surface area contributed by atoms with Crippen molar-refractivity contribution < 1.29 is 13.2 Å². The van der Waals surface area contributed by atoms with Crippen molar-refractivity contribution in [1.82, 2.24) is 9.80 Å². The Labute approximate surface area is 152 Å². The van der Waals surface area contributed by atoms with Crippen molar-refractivity contribution in [2.45, 2.75) is 13.5 Å². The first-order valence-electron chi connectivity index (χ1n) is 7.91. The van der Waals surface area contributed by atoms with Gasteiger partial charge in [-0.1, -0.05) is 23.7 Å². The second-order valence-electron chi connectivity index (χ2n) is 5.77. The fourth-order valence-corrected chi connectivity index (χ4v) is 3.93. The lowest BCUT2D eigenvalue weighted by atomic mass is 10.1. The van der Waals surface area contributed by atoms with Crippen LogP contribution < -0.4 is 0 Å². The lowest BCUT2D eigenvalue weighted by Crippen LogP contribution is -2.43. The lowest BCUT2D eigenvalue weighted by molar-refractivity contribution is -0.127. The number of sulfonamides is 1. The molecule has 25 heavy (non-hydrogen) atoms. The second kappa shape index (κ2) is 7.01. The van der Waals surface area contributed by atoms with Crippen LogP contribution in [0.2, 0.25) is 5.02 Å². The van der Waals surface area contributed by atoms with Gasteiger partial charge in [-0.3, -0.25) is 4.79 Å². The molecule has 0 N–H and O–H groups in total. The van der Waals surface area contributed by atoms with Crippen molar-refractivity contribution in [3.63, 3.8) is 0 Å². The Balaban J connectivity index is 1.88. The first-order chi connectivity index (χ1) is 11.9. The van der Waals surface area contributed by atoms with E-state index in [2.05, 4.69) is 4.40 Å². The molecule has 0 aromatic heterocycles. The summed E-state index contributed by atoms with van der Waals surface area (Å²) in [6, 6.07) is 7.31. The molecular weight excluding hydrogens is 362 g/mol. The van der Waals surface area contributed by atoms with Crippen LogP contribution in [0.3, 0.4) is 0 Å². The number of halogens is 1. The number of carbonyl (C=O) groups is 1. The predicted molar refractivity (Wildman–Crippen MR) is 97.7 cm³/mol. The largest absolute Gasteiger partial charge is 0.334 e. The van der Waals surface area contributed by atoms with Crippen molar-refractivity contribution in [2.24, 2.45) is 4.40 Å². The molecule has 0 saturated carbocycles. The van der Waals surface area contributed by atoms with Gasteiger partial charge in [0.1, 0.15) is 0 Å². The van der Waals surface area contributed by atoms with E-state index in [1.807, 2.05) is 25.1 Å². The zero-order valence-electron chi connectivity index (χ0n) is 13.7. The maximum Gasteiger partial charge on any atom is 0.257 e. The maximum atomic E-state index is 13.0. The van der Waals surface area contributed by atoms with E-state index < -0.39 is 10.0 Å². The second-order valence-corrected chi connectivity index (χ2v) is 7.96. The van der Waals surface area contributed by atoms with E-state index >= 15 is 0 Å². The third kappa shape index (κ3) is 3.93. The van der Waals surface area contributed by atoms with E-state index in [0.29, 0.717) is 24.7 Å². The highest BCUT2D eigenvalue weighted by Crippen LogP contribution is 2.21. The summed E-state index contributed by atoms with van der Waals surface area (Å²) in [5, 5.41) is 0.606. The summed E-state index contributed by atoms with van der Waals surface area (Å²) < 4.78 is 27.5. The van der Waals surface area contributed by atoms with Crippen LogP contribution in [-0.2, 0) is 21.4 Å². The molecule has 0 spiro atoms. The number of rotatable bonds is 4. The van der Waals surface area contributed by atoms with Gasteiger partial charge in [-0.15, -0.1) is 4.40 Å². The summed E-state index contributed by atoms with van der Waals surface area (Å²) in [6.07, 6.45) is 5.08. The van der Waals surface area contributed by atoms with Gasteiger partial charge in [0, 0.05) is 30.9 Å². The summed E-state index contributed by atoms with van der Waals surface area (Å²) in [7, 11) is -3.53. The van der Waals surface area contributed by atoms with Gasteiger partial charge < -0.3 is 9.80 Å². The Hall–Kier alpha value is -2.12. The summed E-state index contributed by atoms with van der Waals surface area (Å²) in [5.74, 6) is -0.113. The molecule has 8 heteroatoms. The normalized spacial score (nSPS) is 18.2. The highest BCUT2D eigenvalue weighted by atomic mass is 35.5. The fourth-order valence-electron chi connectivity index (χ4n) is 2.74. The number of hydrogen-bond acceptors (Lipinski definition) is 4. The third-order valence-electron chi connectivity index (χ3n) is 4.02. The highest BCUT2D eigenvalue weighted by molar-refractivity contribution is 7.90. The zero-order chi connectivity index (χ0) is 18.0. The van der Waals surface area contributed by atoms with Crippen LogP contribution in [0.4, 0.5) is 0 Å². The van der Waals surface area contributed by atoms with Crippen molar-refractivity contribution >= 4 is 33.4 Å². The number of benzene rings is 1. The van der Waals surface area contributed by atoms with Crippen molar-refractivity contribution in [2.75, 3.05) is 18.8 Å². The minimum Gasteiger partial charge on any atom is -0.334 e. The fraction of sp³-hybridized carbons (Fsp3) is 0.294. The van der Waals surface area contributed by atoms with E-state index in [1.165, 1.54) is 0 Å². The molecule has 3 rings (SSSR count). The van der Waals surface area contributed by atoms with Crippen molar-refractivity contribution in [3.05, 3.63) is 58.8 Å². The number of allylic oxidation sites excluding steroid dienone is 2. The molecule has 2 heterocycles. The van der Waals surface area contributed by atoms with Crippen LogP contribution in [0.5, 0.6) is 0 Å². The van der Waals surface area contributed by atoms with Crippen LogP contribution in [-0.4, -0.2) is 48.8 Å². The van der Waals surface area contributed by atoms with Gasteiger partial charge in [0.2, 0.25) is 0 Å². The monoisotopic (exact) mass is 379 g/mol. The van der Waals surface area contributed by atoms with Crippen LogP contribution in [0.25, 0.3) is 0 Å². The molecule has 0 saturated heterocycles. The lowest BCUT2D eigenvalue weighted by Gasteiger charge is -2.31. The summed E-state index contributed by atoms with van der Waals surface area (Å²) in [5.41, 5.74) is 1.19. The van der Waals surface area contributed by atoms with Crippen LogP contribution in [0, 0.1) is 0 Å². The molecule has 0 bridgehead atoms. The molecule has 6 nitrogen and oxygen atoms in total. The van der Waals surface area contributed by atoms with E-state index in [-0.39, 0.29) is 23.1 Å². The summed E-state index contributed by atoms with van der Waals surface area (Å²) in [4.78, 5) is 16.3. The predicted octanol–water partition coefficient (Wildman–Crippen LogP) is 2.19. The molecule has 2 aliphatic rings. The highest BCUT2D eigenvalue weighted by Gasteiger charge is 2.31. The average Bonchev–Trinajstić information content (AvgIpc) is 2.58. The number of amides is 1. The van der Waals surface area contributed by atoms with E-state index in [4.69, 9.17) is 11.6 Å². The summed E-state index contributed by atoms with van der Waals surface area (Å²) >= 11 is 6.01. The molecule has 2 aliphatic heterocycles. The van der Waals surface area contributed by atoms with Crippen molar-refractivity contribution in [1.29, 1.82) is 0 Å². The Morgan fingerprint density at radius 2 is 2.20 bits per heavy atom. The van der Waals surface area contributed by atoms with E-state index in [0.717, 1.165) is 5.56 Å². The quantitative estimate of drug-likeness (QED) is 0.804. The van der Waals surface area contributed by atoms with Gasteiger partial charge in [0.15, 0.2) is 5.84 Å². The molecular formula is C17H18ClN3O3S. The van der Waals surface area contributed by atoms with Gasteiger partial charge >= 0.3 is 0 Å². The summed E-state index contributed by atoms with van der Waals surface area (Å²) in [6.45, 7) is 3.03. The van der Waals surface area contributed by atoms with Gasteiger partial charge in [-0.25, -0.2) is 8.42 Å². The number of fused-ring (bicyclic) bond motifs is 1. The topological polar surface area (TPSA) is 70.1 Å². The Bertz CT molecular complexity index is 890. The van der Waals surface area contributed by atoms with Gasteiger partial charge in [0.25, 0.3) is 15.9 Å². The molecule has 1 aromatic rings. The Kier molecular flexibility index (Phi) is 4.96. The number of hydrogen-bond donors (Lipinski definition) is 0. The minimum absolute atomic E-state index is 0.0533. The Morgan fingerprint density at radius 3 is 2.92 bits per heavy atom. The van der Waals surface area contributed by atoms with Crippen LogP contribution >= 0.6 is 11.6 Å². The van der Waals surface area contributed by atoms with E-state index in [9.17, 15) is 13.2 Å². The van der Waals surface area contributed by atoms with Gasteiger partial charge in [-0.2, -0.15) is 0 Å².